The van der Waals surface area contributed by atoms with Crippen molar-refractivity contribution in [3.8, 4) is 0 Å². The quantitative estimate of drug-likeness (QED) is 0.773. The summed E-state index contributed by atoms with van der Waals surface area (Å²) in [6.07, 6.45) is 1.74. The number of hydrogen-bond donors (Lipinski definition) is 1. The van der Waals surface area contributed by atoms with Crippen molar-refractivity contribution in [2.24, 2.45) is 25.7 Å². The number of carbonyl (C=O) groups excluding carboxylic acids is 1. The Kier molecular flexibility index (Phi) is 7.59. The van der Waals surface area contributed by atoms with Crippen molar-refractivity contribution >= 4 is 41.8 Å². The average molecular weight is 418 g/mol. The van der Waals surface area contributed by atoms with Crippen LogP contribution in [0.5, 0.6) is 0 Å². The zero-order valence-corrected chi connectivity index (χ0v) is 17.2. The second kappa shape index (κ2) is 8.86. The summed E-state index contributed by atoms with van der Waals surface area (Å²) in [5.74, 6) is 0.246. The van der Waals surface area contributed by atoms with E-state index < -0.39 is 11.2 Å². The molecule has 1 aliphatic heterocycles. The molecular weight excluding hydrogens is 393 g/mol. The van der Waals surface area contributed by atoms with Crippen LogP contribution in [0.3, 0.4) is 0 Å². The number of amides is 1. The number of aromatic nitrogens is 3. The second-order valence-electron chi connectivity index (χ2n) is 6.76. The minimum atomic E-state index is -0.465. The van der Waals surface area contributed by atoms with E-state index >= 15 is 0 Å². The molecule has 0 bridgehead atoms. The molecule has 8 nitrogen and oxygen atoms in total. The van der Waals surface area contributed by atoms with Crippen LogP contribution in [-0.4, -0.2) is 44.1 Å². The molecule has 1 saturated heterocycles. The van der Waals surface area contributed by atoms with E-state index in [0.29, 0.717) is 24.4 Å². The molecule has 0 spiro atoms. The Bertz CT molecular complexity index is 946. The summed E-state index contributed by atoms with van der Waals surface area (Å²) in [4.78, 5) is 43.0. The van der Waals surface area contributed by atoms with E-state index in [2.05, 4.69) is 4.98 Å². The van der Waals surface area contributed by atoms with Gasteiger partial charge in [-0.15, -0.1) is 24.8 Å². The van der Waals surface area contributed by atoms with Gasteiger partial charge in [0, 0.05) is 33.2 Å². The smallest absolute Gasteiger partial charge is 0.332 e. The van der Waals surface area contributed by atoms with Crippen molar-refractivity contribution in [1.82, 2.24) is 19.0 Å². The SMILES string of the molecule is CC(N)C1CCN(C(=O)c2ccc3c(=O)n(C)c(=O)n(C)c3n2)CC1.Cl.Cl. The van der Waals surface area contributed by atoms with E-state index in [4.69, 9.17) is 5.73 Å². The van der Waals surface area contributed by atoms with E-state index in [1.807, 2.05) is 6.92 Å². The van der Waals surface area contributed by atoms with Gasteiger partial charge in [-0.25, -0.2) is 9.78 Å². The molecule has 0 saturated carbocycles. The Balaban J connectivity index is 0.00000182. The molecule has 3 heterocycles. The molecule has 3 rings (SSSR count). The number of halogens is 2. The van der Waals surface area contributed by atoms with Gasteiger partial charge in [0.25, 0.3) is 11.5 Å². The number of pyridine rings is 1. The summed E-state index contributed by atoms with van der Waals surface area (Å²) < 4.78 is 2.32. The highest BCUT2D eigenvalue weighted by atomic mass is 35.5. The van der Waals surface area contributed by atoms with Crippen LogP contribution < -0.4 is 17.0 Å². The fourth-order valence-electron chi connectivity index (χ4n) is 3.36. The van der Waals surface area contributed by atoms with Crippen molar-refractivity contribution < 1.29 is 4.79 Å². The highest BCUT2D eigenvalue weighted by Gasteiger charge is 2.26. The number of likely N-dealkylation sites (tertiary alicyclic amines) is 1. The number of hydrogen-bond acceptors (Lipinski definition) is 5. The standard InChI is InChI=1S/C17H23N5O3.2ClH/c1-10(18)11-6-8-22(9-7-11)16(24)13-5-4-12-14(19-13)20(2)17(25)21(3)15(12)23;;/h4-5,10-11H,6-9,18H2,1-3H3;2*1H. The zero-order chi connectivity index (χ0) is 18.3. The molecule has 2 N–H and O–H groups in total. The van der Waals surface area contributed by atoms with Gasteiger partial charge < -0.3 is 10.6 Å². The Labute approximate surface area is 169 Å². The lowest BCUT2D eigenvalue weighted by atomic mass is 9.91. The van der Waals surface area contributed by atoms with Gasteiger partial charge in [-0.1, -0.05) is 0 Å². The van der Waals surface area contributed by atoms with Crippen molar-refractivity contribution in [3.63, 3.8) is 0 Å². The molecule has 27 heavy (non-hydrogen) atoms. The maximum Gasteiger partial charge on any atom is 0.332 e. The van der Waals surface area contributed by atoms with Gasteiger partial charge in [0.15, 0.2) is 0 Å². The number of nitrogens with zero attached hydrogens (tertiary/aromatic N) is 4. The molecule has 1 aliphatic rings. The van der Waals surface area contributed by atoms with Crippen LogP contribution in [0.15, 0.2) is 21.7 Å². The molecule has 1 unspecified atom stereocenters. The van der Waals surface area contributed by atoms with Crippen molar-refractivity contribution in [2.75, 3.05) is 13.1 Å². The fraction of sp³-hybridized carbons (Fsp3) is 0.529. The topological polar surface area (TPSA) is 103 Å². The number of rotatable bonds is 2. The molecular formula is C17H25Cl2N5O3. The van der Waals surface area contributed by atoms with Crippen LogP contribution in [0.25, 0.3) is 11.0 Å². The fourth-order valence-corrected chi connectivity index (χ4v) is 3.36. The molecule has 1 amide bonds. The third-order valence-electron chi connectivity index (χ3n) is 5.09. The Morgan fingerprint density at radius 3 is 2.30 bits per heavy atom. The van der Waals surface area contributed by atoms with Crippen LogP contribution >= 0.6 is 24.8 Å². The van der Waals surface area contributed by atoms with Crippen LogP contribution in [0.4, 0.5) is 0 Å². The van der Waals surface area contributed by atoms with Crippen LogP contribution in [0.2, 0.25) is 0 Å². The van der Waals surface area contributed by atoms with Gasteiger partial charge in [0.2, 0.25) is 0 Å². The predicted octanol–water partition coefficient (Wildman–Crippen LogP) is 0.675. The lowest BCUT2D eigenvalue weighted by Crippen LogP contribution is -2.43. The van der Waals surface area contributed by atoms with Crippen LogP contribution in [-0.2, 0) is 14.1 Å². The highest BCUT2D eigenvalue weighted by molar-refractivity contribution is 5.94. The van der Waals surface area contributed by atoms with Crippen molar-refractivity contribution in [2.45, 2.75) is 25.8 Å². The van der Waals surface area contributed by atoms with E-state index in [0.717, 1.165) is 17.4 Å². The first kappa shape index (κ1) is 23.1. The Morgan fingerprint density at radius 2 is 1.74 bits per heavy atom. The van der Waals surface area contributed by atoms with E-state index in [-0.39, 0.29) is 48.1 Å². The molecule has 2 aromatic rings. The largest absolute Gasteiger partial charge is 0.337 e. The number of aryl methyl sites for hydroxylation is 1. The average Bonchev–Trinajstić information content (AvgIpc) is 2.63. The molecule has 150 valence electrons. The zero-order valence-electron chi connectivity index (χ0n) is 15.5. The van der Waals surface area contributed by atoms with E-state index in [1.54, 1.807) is 24.1 Å². The number of nitrogens with two attached hydrogens (primary N) is 1. The normalized spacial score (nSPS) is 15.8. The first-order valence-corrected chi connectivity index (χ1v) is 8.43. The van der Waals surface area contributed by atoms with Crippen LogP contribution in [0.1, 0.15) is 30.3 Å². The van der Waals surface area contributed by atoms with Gasteiger partial charge in [0.05, 0.1) is 5.39 Å². The summed E-state index contributed by atoms with van der Waals surface area (Å²) in [5, 5.41) is 0.316. The third-order valence-corrected chi connectivity index (χ3v) is 5.09. The molecule has 0 aliphatic carbocycles. The molecule has 10 heteroatoms. The number of carbonyl (C=O) groups is 1. The van der Waals surface area contributed by atoms with E-state index in [1.165, 1.54) is 11.6 Å². The van der Waals surface area contributed by atoms with Gasteiger partial charge in [-0.3, -0.25) is 18.7 Å². The first-order chi connectivity index (χ1) is 11.8. The minimum absolute atomic E-state index is 0. The minimum Gasteiger partial charge on any atom is -0.337 e. The summed E-state index contributed by atoms with van der Waals surface area (Å²) in [6.45, 7) is 3.27. The second-order valence-corrected chi connectivity index (χ2v) is 6.76. The molecule has 1 fully saturated rings. The third kappa shape index (κ3) is 4.17. The summed E-state index contributed by atoms with van der Waals surface area (Å²) >= 11 is 0. The summed E-state index contributed by atoms with van der Waals surface area (Å²) in [7, 11) is 2.96. The lowest BCUT2D eigenvalue weighted by Gasteiger charge is -2.33. The number of piperidine rings is 1. The highest BCUT2D eigenvalue weighted by Crippen LogP contribution is 2.21. The number of fused-ring (bicyclic) bond motifs is 1. The summed E-state index contributed by atoms with van der Waals surface area (Å²) in [6, 6.07) is 3.24. The molecule has 0 aromatic carbocycles. The monoisotopic (exact) mass is 417 g/mol. The lowest BCUT2D eigenvalue weighted by molar-refractivity contribution is 0.0675. The van der Waals surface area contributed by atoms with Gasteiger partial charge >= 0.3 is 5.69 Å². The molecule has 2 aromatic heterocycles. The molecule has 0 radical (unpaired) electrons. The Hall–Kier alpha value is -1.90. The van der Waals surface area contributed by atoms with Crippen molar-refractivity contribution in [1.29, 1.82) is 0 Å². The van der Waals surface area contributed by atoms with Gasteiger partial charge in [-0.2, -0.15) is 0 Å². The molecule has 1 atom stereocenters. The maximum absolute atomic E-state index is 12.7. The predicted molar refractivity (Wildman–Crippen MR) is 109 cm³/mol. The first-order valence-electron chi connectivity index (χ1n) is 8.43. The summed E-state index contributed by atoms with van der Waals surface area (Å²) in [5.41, 5.74) is 5.53. The van der Waals surface area contributed by atoms with Gasteiger partial charge in [0.1, 0.15) is 11.3 Å². The Morgan fingerprint density at radius 1 is 1.15 bits per heavy atom. The van der Waals surface area contributed by atoms with Crippen LogP contribution in [0, 0.1) is 5.92 Å². The van der Waals surface area contributed by atoms with E-state index in [9.17, 15) is 14.4 Å². The van der Waals surface area contributed by atoms with Gasteiger partial charge in [-0.05, 0) is 37.8 Å². The van der Waals surface area contributed by atoms with Crippen molar-refractivity contribution in [3.05, 3.63) is 38.7 Å². The maximum atomic E-state index is 12.7.